The smallest absolute Gasteiger partial charge is 0.240 e. The van der Waals surface area contributed by atoms with Gasteiger partial charge in [0, 0.05) is 21.5 Å². The topological polar surface area (TPSA) is 72.2 Å². The lowest BCUT2D eigenvalue weighted by atomic mass is 9.84. The van der Waals surface area contributed by atoms with Gasteiger partial charge in [-0.3, -0.25) is 0 Å². The molecule has 0 radical (unpaired) electrons. The van der Waals surface area contributed by atoms with Crippen molar-refractivity contribution in [2.75, 3.05) is 18.5 Å². The van der Waals surface area contributed by atoms with Crippen molar-refractivity contribution in [1.82, 2.24) is 4.72 Å². The molecule has 1 aliphatic rings. The van der Waals surface area contributed by atoms with Crippen LogP contribution in [0.3, 0.4) is 0 Å². The van der Waals surface area contributed by atoms with Crippen LogP contribution in [-0.4, -0.2) is 26.0 Å². The van der Waals surface area contributed by atoms with Gasteiger partial charge in [0.05, 0.1) is 4.90 Å². The molecule has 7 heteroatoms. The minimum absolute atomic E-state index is 0.0680. The maximum absolute atomic E-state index is 12.5. The molecule has 4 nitrogen and oxygen atoms in total. The lowest BCUT2D eigenvalue weighted by Gasteiger charge is -2.40. The average molecular weight is 379 g/mol. The predicted molar refractivity (Wildman–Crippen MR) is 88.6 cm³/mol. The molecule has 0 spiro atoms. The minimum atomic E-state index is -3.53. The Balaban J connectivity index is 2.23. The van der Waals surface area contributed by atoms with Crippen LogP contribution in [0, 0.1) is 6.92 Å². The Morgan fingerprint density at radius 2 is 2.10 bits per heavy atom. The van der Waals surface area contributed by atoms with Crippen LogP contribution in [0.1, 0.15) is 24.8 Å². The number of hydrogen-bond donors (Lipinski definition) is 2. The Kier molecular flexibility index (Phi) is 4.73. The first-order valence-corrected chi connectivity index (χ1v) is 9.90. The van der Waals surface area contributed by atoms with E-state index in [0.717, 1.165) is 12.8 Å². The molecular formula is C13H19BrN2O2S2. The summed E-state index contributed by atoms with van der Waals surface area (Å²) < 4.78 is 28.4. The normalized spacial score (nSPS) is 17.8. The first-order valence-electron chi connectivity index (χ1n) is 6.40. The second kappa shape index (κ2) is 5.87. The van der Waals surface area contributed by atoms with E-state index >= 15 is 0 Å². The second-order valence-electron chi connectivity index (χ2n) is 5.18. The van der Waals surface area contributed by atoms with Crippen molar-refractivity contribution in [3.8, 4) is 0 Å². The zero-order chi connectivity index (χ0) is 15.0. The third kappa shape index (κ3) is 3.16. The standard InChI is InChI=1S/C13H19BrN2O2S2/c1-9-11(15)6-10(14)7-12(9)20(17,18)16-8-13(19-2)4-3-5-13/h6-7,16H,3-5,8,15H2,1-2H3. The van der Waals surface area contributed by atoms with E-state index in [2.05, 4.69) is 20.7 Å². The summed E-state index contributed by atoms with van der Waals surface area (Å²) >= 11 is 5.04. The monoisotopic (exact) mass is 378 g/mol. The fourth-order valence-corrected chi connectivity index (χ4v) is 5.34. The molecule has 20 heavy (non-hydrogen) atoms. The molecule has 0 bridgehead atoms. The number of thioether (sulfide) groups is 1. The second-order valence-corrected chi connectivity index (χ2v) is 9.11. The van der Waals surface area contributed by atoms with Gasteiger partial charge in [0.2, 0.25) is 10.0 Å². The van der Waals surface area contributed by atoms with Gasteiger partial charge >= 0.3 is 0 Å². The summed E-state index contributed by atoms with van der Waals surface area (Å²) in [4.78, 5) is 0.250. The molecule has 1 aromatic rings. The summed E-state index contributed by atoms with van der Waals surface area (Å²) in [7, 11) is -3.53. The third-order valence-corrected chi connectivity index (χ3v) is 7.34. The van der Waals surface area contributed by atoms with Crippen LogP contribution in [0.25, 0.3) is 0 Å². The van der Waals surface area contributed by atoms with Gasteiger partial charge in [-0.1, -0.05) is 22.4 Å². The molecule has 3 N–H and O–H groups in total. The van der Waals surface area contributed by atoms with Crippen LogP contribution in [0.5, 0.6) is 0 Å². The van der Waals surface area contributed by atoms with Gasteiger partial charge in [0.1, 0.15) is 0 Å². The molecule has 2 rings (SSSR count). The highest BCUT2D eigenvalue weighted by Gasteiger charge is 2.37. The molecule has 0 amide bonds. The maximum atomic E-state index is 12.5. The van der Waals surface area contributed by atoms with Crippen LogP contribution < -0.4 is 10.5 Å². The summed E-state index contributed by atoms with van der Waals surface area (Å²) in [6.45, 7) is 2.20. The largest absolute Gasteiger partial charge is 0.398 e. The number of benzene rings is 1. The highest BCUT2D eigenvalue weighted by Crippen LogP contribution is 2.42. The molecule has 1 aliphatic carbocycles. The SMILES string of the molecule is CSC1(CNS(=O)(=O)c2cc(Br)cc(N)c2C)CCC1. The molecule has 112 valence electrons. The first-order chi connectivity index (χ1) is 9.30. The minimum Gasteiger partial charge on any atom is -0.398 e. The van der Waals surface area contributed by atoms with E-state index in [-0.39, 0.29) is 9.64 Å². The molecule has 0 saturated heterocycles. The van der Waals surface area contributed by atoms with E-state index in [9.17, 15) is 8.42 Å². The van der Waals surface area contributed by atoms with Gasteiger partial charge < -0.3 is 5.73 Å². The van der Waals surface area contributed by atoms with Crippen molar-refractivity contribution < 1.29 is 8.42 Å². The predicted octanol–water partition coefficient (Wildman–Crippen LogP) is 2.90. The number of sulfonamides is 1. The van der Waals surface area contributed by atoms with E-state index in [1.54, 1.807) is 30.8 Å². The zero-order valence-electron chi connectivity index (χ0n) is 11.6. The Morgan fingerprint density at radius 1 is 1.45 bits per heavy atom. The lowest BCUT2D eigenvalue weighted by Crippen LogP contribution is -2.45. The Morgan fingerprint density at radius 3 is 2.60 bits per heavy atom. The highest BCUT2D eigenvalue weighted by atomic mass is 79.9. The van der Waals surface area contributed by atoms with Gasteiger partial charge in [-0.15, -0.1) is 0 Å². The third-order valence-electron chi connectivity index (χ3n) is 3.94. The van der Waals surface area contributed by atoms with Crippen LogP contribution in [0.2, 0.25) is 0 Å². The molecule has 0 aromatic heterocycles. The van der Waals surface area contributed by atoms with Gasteiger partial charge in [0.25, 0.3) is 0 Å². The fraction of sp³-hybridized carbons (Fsp3) is 0.538. The van der Waals surface area contributed by atoms with Gasteiger partial charge in [-0.2, -0.15) is 11.8 Å². The van der Waals surface area contributed by atoms with Crippen LogP contribution in [0.4, 0.5) is 5.69 Å². The van der Waals surface area contributed by atoms with Crippen molar-refractivity contribution in [2.24, 2.45) is 0 Å². The van der Waals surface area contributed by atoms with Crippen molar-refractivity contribution >= 4 is 43.4 Å². The van der Waals surface area contributed by atoms with E-state index in [0.29, 0.717) is 22.3 Å². The molecule has 0 unspecified atom stereocenters. The summed E-state index contributed by atoms with van der Waals surface area (Å²) in [5.41, 5.74) is 6.90. The summed E-state index contributed by atoms with van der Waals surface area (Å²) in [5, 5.41) is 0. The Bertz CT molecular complexity index is 608. The number of anilines is 1. The number of nitrogens with two attached hydrogens (primary N) is 1. The average Bonchev–Trinajstić information content (AvgIpc) is 2.32. The van der Waals surface area contributed by atoms with E-state index in [1.165, 1.54) is 6.42 Å². The number of rotatable bonds is 5. The van der Waals surface area contributed by atoms with Gasteiger partial charge in [-0.05, 0) is 43.7 Å². The van der Waals surface area contributed by atoms with Crippen LogP contribution in [0.15, 0.2) is 21.5 Å². The van der Waals surface area contributed by atoms with Crippen molar-refractivity contribution in [1.29, 1.82) is 0 Å². The van der Waals surface area contributed by atoms with Crippen LogP contribution >= 0.6 is 27.7 Å². The number of nitrogens with one attached hydrogen (secondary N) is 1. The molecule has 1 saturated carbocycles. The lowest BCUT2D eigenvalue weighted by molar-refractivity contribution is 0.362. The van der Waals surface area contributed by atoms with Gasteiger partial charge in [0.15, 0.2) is 0 Å². The van der Waals surface area contributed by atoms with Gasteiger partial charge in [-0.25, -0.2) is 13.1 Å². The van der Waals surface area contributed by atoms with Crippen molar-refractivity contribution in [3.05, 3.63) is 22.2 Å². The van der Waals surface area contributed by atoms with Crippen molar-refractivity contribution in [2.45, 2.75) is 35.8 Å². The number of nitrogen functional groups attached to an aromatic ring is 1. The zero-order valence-corrected chi connectivity index (χ0v) is 14.8. The molecule has 0 heterocycles. The molecule has 0 atom stereocenters. The maximum Gasteiger partial charge on any atom is 0.240 e. The Hall–Kier alpha value is -0.240. The molecule has 1 aromatic carbocycles. The van der Waals surface area contributed by atoms with Crippen molar-refractivity contribution in [3.63, 3.8) is 0 Å². The summed E-state index contributed by atoms with van der Waals surface area (Å²) in [6, 6.07) is 3.31. The quantitative estimate of drug-likeness (QED) is 0.772. The Labute approximate surface area is 133 Å². The van der Waals surface area contributed by atoms with Crippen LogP contribution in [-0.2, 0) is 10.0 Å². The van der Waals surface area contributed by atoms with E-state index in [4.69, 9.17) is 5.73 Å². The fourth-order valence-electron chi connectivity index (χ4n) is 2.28. The van der Waals surface area contributed by atoms with E-state index < -0.39 is 10.0 Å². The highest BCUT2D eigenvalue weighted by molar-refractivity contribution is 9.10. The first kappa shape index (κ1) is 16.1. The molecule has 0 aliphatic heterocycles. The summed E-state index contributed by atoms with van der Waals surface area (Å²) in [6.07, 6.45) is 5.34. The summed E-state index contributed by atoms with van der Waals surface area (Å²) in [5.74, 6) is 0. The molecular weight excluding hydrogens is 360 g/mol. The van der Waals surface area contributed by atoms with E-state index in [1.807, 2.05) is 6.26 Å². The molecule has 1 fully saturated rings. The number of halogens is 1. The number of hydrogen-bond acceptors (Lipinski definition) is 4.